The number of benzene rings is 1. The van der Waals surface area contributed by atoms with Crippen LogP contribution in [0.2, 0.25) is 0 Å². The van der Waals surface area contributed by atoms with Gasteiger partial charge in [0.25, 0.3) is 0 Å². The van der Waals surface area contributed by atoms with Crippen molar-refractivity contribution >= 4 is 35.8 Å². The van der Waals surface area contributed by atoms with Gasteiger partial charge in [-0.15, -0.1) is 24.0 Å². The van der Waals surface area contributed by atoms with Crippen LogP contribution in [0.15, 0.2) is 29.3 Å². The molecule has 152 valence electrons. The molecule has 1 aliphatic rings. The third kappa shape index (κ3) is 9.93. The third-order valence-corrected chi connectivity index (χ3v) is 4.59. The van der Waals surface area contributed by atoms with Crippen LogP contribution in [0.4, 0.5) is 4.39 Å². The zero-order valence-corrected chi connectivity index (χ0v) is 18.4. The zero-order chi connectivity index (χ0) is 18.6. The molecule has 7 heteroatoms. The van der Waals surface area contributed by atoms with Crippen LogP contribution in [0, 0.1) is 11.7 Å². The normalized spacial score (nSPS) is 14.5. The van der Waals surface area contributed by atoms with Crippen LogP contribution >= 0.6 is 24.0 Å². The van der Waals surface area contributed by atoms with E-state index in [9.17, 15) is 9.18 Å². The Bertz CT molecular complexity index is 591. The summed E-state index contributed by atoms with van der Waals surface area (Å²) in [6.07, 6.45) is 6.24. The monoisotopic (exact) mass is 490 g/mol. The molecule has 0 radical (unpaired) electrons. The second-order valence-electron chi connectivity index (χ2n) is 6.77. The molecule has 1 saturated carbocycles. The molecule has 0 saturated heterocycles. The molecule has 0 bridgehead atoms. The molecule has 27 heavy (non-hydrogen) atoms. The van der Waals surface area contributed by atoms with E-state index in [1.807, 2.05) is 13.0 Å². The molecule has 1 fully saturated rings. The summed E-state index contributed by atoms with van der Waals surface area (Å²) in [5.41, 5.74) is 0.934. The minimum Gasteiger partial charge on any atom is -0.357 e. The Morgan fingerprint density at radius 3 is 2.63 bits per heavy atom. The lowest BCUT2D eigenvalue weighted by molar-refractivity contribution is -0.121. The number of aliphatic imine (C=N–C) groups is 1. The molecule has 1 amide bonds. The summed E-state index contributed by atoms with van der Waals surface area (Å²) in [7, 11) is 0. The summed E-state index contributed by atoms with van der Waals surface area (Å²) in [4.78, 5) is 16.4. The number of hydrogen-bond donors (Lipinski definition) is 3. The van der Waals surface area contributed by atoms with Gasteiger partial charge in [0.15, 0.2) is 5.96 Å². The molecule has 1 aromatic carbocycles. The van der Waals surface area contributed by atoms with Crippen LogP contribution in [0.3, 0.4) is 0 Å². The lowest BCUT2D eigenvalue weighted by atomic mass is 10.0. The van der Waals surface area contributed by atoms with Crippen molar-refractivity contribution in [3.63, 3.8) is 0 Å². The summed E-state index contributed by atoms with van der Waals surface area (Å²) in [6, 6.07) is 6.60. The lowest BCUT2D eigenvalue weighted by Crippen LogP contribution is -2.41. The number of carbonyl (C=O) groups is 1. The number of rotatable bonds is 9. The lowest BCUT2D eigenvalue weighted by Gasteiger charge is -2.13. The van der Waals surface area contributed by atoms with Crippen molar-refractivity contribution in [1.29, 1.82) is 0 Å². The molecule has 0 heterocycles. The van der Waals surface area contributed by atoms with Crippen LogP contribution in [-0.4, -0.2) is 38.0 Å². The summed E-state index contributed by atoms with van der Waals surface area (Å²) in [6.45, 7) is 4.56. The van der Waals surface area contributed by atoms with Crippen LogP contribution in [0.1, 0.15) is 44.6 Å². The van der Waals surface area contributed by atoms with Crippen molar-refractivity contribution in [3.05, 3.63) is 35.6 Å². The van der Waals surface area contributed by atoms with E-state index in [-0.39, 0.29) is 35.7 Å². The molecular weight excluding hydrogens is 458 g/mol. The maximum Gasteiger partial charge on any atom is 0.220 e. The van der Waals surface area contributed by atoms with E-state index < -0.39 is 0 Å². The Morgan fingerprint density at radius 1 is 1.19 bits per heavy atom. The van der Waals surface area contributed by atoms with E-state index in [1.165, 1.54) is 37.8 Å². The van der Waals surface area contributed by atoms with Gasteiger partial charge in [-0.1, -0.05) is 25.0 Å². The van der Waals surface area contributed by atoms with E-state index in [0.717, 1.165) is 12.1 Å². The van der Waals surface area contributed by atoms with Gasteiger partial charge in [-0.3, -0.25) is 9.79 Å². The third-order valence-electron chi connectivity index (χ3n) is 4.59. The van der Waals surface area contributed by atoms with Crippen LogP contribution in [-0.2, 0) is 11.2 Å². The van der Waals surface area contributed by atoms with Gasteiger partial charge in [0.2, 0.25) is 5.91 Å². The Hall–Kier alpha value is -1.38. The van der Waals surface area contributed by atoms with E-state index in [2.05, 4.69) is 20.9 Å². The Labute approximate surface area is 179 Å². The van der Waals surface area contributed by atoms with Crippen molar-refractivity contribution in [3.8, 4) is 0 Å². The molecule has 3 N–H and O–H groups in total. The van der Waals surface area contributed by atoms with Gasteiger partial charge >= 0.3 is 0 Å². The molecule has 0 spiro atoms. The van der Waals surface area contributed by atoms with Gasteiger partial charge in [-0.25, -0.2) is 4.39 Å². The average molecular weight is 490 g/mol. The zero-order valence-electron chi connectivity index (χ0n) is 16.1. The molecule has 0 atom stereocenters. The first kappa shape index (κ1) is 23.7. The molecular formula is C20H32FIN4O. The predicted octanol–water partition coefficient (Wildman–Crippen LogP) is 3.24. The Kier molecular flexibility index (Phi) is 12.0. The molecule has 0 aliphatic heterocycles. The first-order valence-corrected chi connectivity index (χ1v) is 9.70. The van der Waals surface area contributed by atoms with Gasteiger partial charge in [0.1, 0.15) is 5.82 Å². The molecule has 2 rings (SSSR count). The fourth-order valence-electron chi connectivity index (χ4n) is 3.26. The Balaban J connectivity index is 0.00000364. The number of hydrogen-bond acceptors (Lipinski definition) is 2. The fraction of sp³-hybridized carbons (Fsp3) is 0.600. The van der Waals surface area contributed by atoms with Crippen molar-refractivity contribution < 1.29 is 9.18 Å². The standard InChI is InChI=1S/C20H31FN4O.HI/c1-2-22-20(24-11-10-17-8-5-9-18(21)14-17)25-13-12-23-19(26)15-16-6-3-4-7-16;/h5,8-9,14,16H,2-4,6-7,10-13,15H2,1H3,(H,23,26)(H2,22,24,25);1H. The highest BCUT2D eigenvalue weighted by atomic mass is 127. The highest BCUT2D eigenvalue weighted by Gasteiger charge is 2.17. The van der Waals surface area contributed by atoms with Crippen molar-refractivity contribution in [2.45, 2.75) is 45.4 Å². The highest BCUT2D eigenvalue weighted by Crippen LogP contribution is 2.27. The SMILES string of the molecule is CCNC(=NCCc1cccc(F)c1)NCCNC(=O)CC1CCCC1.I. The topological polar surface area (TPSA) is 65.5 Å². The minimum absolute atomic E-state index is 0. The smallest absolute Gasteiger partial charge is 0.220 e. The van der Waals surface area contributed by atoms with E-state index in [4.69, 9.17) is 0 Å². The first-order chi connectivity index (χ1) is 12.7. The molecule has 0 unspecified atom stereocenters. The van der Waals surface area contributed by atoms with Crippen LogP contribution < -0.4 is 16.0 Å². The number of guanidine groups is 1. The van der Waals surface area contributed by atoms with Crippen LogP contribution in [0.25, 0.3) is 0 Å². The largest absolute Gasteiger partial charge is 0.357 e. The van der Waals surface area contributed by atoms with E-state index >= 15 is 0 Å². The van der Waals surface area contributed by atoms with Crippen molar-refractivity contribution in [2.24, 2.45) is 10.9 Å². The molecule has 5 nitrogen and oxygen atoms in total. The van der Waals surface area contributed by atoms with Gasteiger partial charge in [0.05, 0.1) is 0 Å². The highest BCUT2D eigenvalue weighted by molar-refractivity contribution is 14.0. The fourth-order valence-corrected chi connectivity index (χ4v) is 3.26. The summed E-state index contributed by atoms with van der Waals surface area (Å²) < 4.78 is 13.2. The summed E-state index contributed by atoms with van der Waals surface area (Å²) in [5.74, 6) is 1.22. The van der Waals surface area contributed by atoms with Gasteiger partial charge < -0.3 is 16.0 Å². The van der Waals surface area contributed by atoms with E-state index in [1.54, 1.807) is 6.07 Å². The molecule has 1 aliphatic carbocycles. The summed E-state index contributed by atoms with van der Waals surface area (Å²) >= 11 is 0. The minimum atomic E-state index is -0.218. The quantitative estimate of drug-likeness (QED) is 0.216. The summed E-state index contributed by atoms with van der Waals surface area (Å²) in [5, 5.41) is 9.37. The predicted molar refractivity (Wildman–Crippen MR) is 119 cm³/mol. The number of amides is 1. The first-order valence-electron chi connectivity index (χ1n) is 9.70. The van der Waals surface area contributed by atoms with Crippen molar-refractivity contribution in [1.82, 2.24) is 16.0 Å². The maximum atomic E-state index is 13.2. The second-order valence-corrected chi connectivity index (χ2v) is 6.77. The van der Waals surface area contributed by atoms with E-state index in [0.29, 0.717) is 44.4 Å². The second kappa shape index (κ2) is 13.7. The van der Waals surface area contributed by atoms with Gasteiger partial charge in [0, 0.05) is 32.6 Å². The van der Waals surface area contributed by atoms with Gasteiger partial charge in [-0.05, 0) is 49.8 Å². The maximum absolute atomic E-state index is 13.2. The molecule has 0 aromatic heterocycles. The number of carbonyl (C=O) groups excluding carboxylic acids is 1. The average Bonchev–Trinajstić information content (AvgIpc) is 3.11. The number of nitrogens with zero attached hydrogens (tertiary/aromatic N) is 1. The number of nitrogens with one attached hydrogen (secondary N) is 3. The van der Waals surface area contributed by atoms with Gasteiger partial charge in [-0.2, -0.15) is 0 Å². The Morgan fingerprint density at radius 2 is 1.93 bits per heavy atom. The number of halogens is 2. The molecule has 1 aromatic rings. The van der Waals surface area contributed by atoms with Crippen molar-refractivity contribution in [2.75, 3.05) is 26.2 Å². The van der Waals surface area contributed by atoms with Crippen LogP contribution in [0.5, 0.6) is 0 Å².